The molecule has 2 nitrogen and oxygen atoms in total. The molecule has 0 spiro atoms. The molecule has 88 valence electrons. The molecule has 0 saturated carbocycles. The third kappa shape index (κ3) is 3.32. The lowest BCUT2D eigenvalue weighted by Gasteiger charge is -2.33. The number of hydrogen-bond donors (Lipinski definition) is 1. The van der Waals surface area contributed by atoms with Crippen LogP contribution in [0.3, 0.4) is 0 Å². The topological polar surface area (TPSA) is 15.3 Å². The first-order chi connectivity index (χ1) is 7.86. The second kappa shape index (κ2) is 6.02. The van der Waals surface area contributed by atoms with E-state index in [0.717, 1.165) is 19.1 Å². The summed E-state index contributed by atoms with van der Waals surface area (Å²) in [5, 5.41) is 3.47. The van der Waals surface area contributed by atoms with Crippen LogP contribution in [0.4, 0.5) is 0 Å². The molecule has 2 heteroatoms. The molecule has 0 aromatic heterocycles. The van der Waals surface area contributed by atoms with Crippen molar-refractivity contribution >= 4 is 0 Å². The minimum Gasteiger partial charge on any atom is -0.314 e. The third-order valence-electron chi connectivity index (χ3n) is 3.49. The zero-order valence-corrected chi connectivity index (χ0v) is 10.2. The maximum atomic E-state index is 3.47. The molecule has 1 aliphatic heterocycles. The predicted octanol–water partition coefficient (Wildman–Crippen LogP) is 1.91. The number of nitrogens with one attached hydrogen (secondary N) is 1. The zero-order chi connectivity index (χ0) is 11.2. The van der Waals surface area contributed by atoms with Crippen LogP contribution in [0.5, 0.6) is 0 Å². The highest BCUT2D eigenvalue weighted by Gasteiger charge is 2.17. The summed E-state index contributed by atoms with van der Waals surface area (Å²) in [6, 6.07) is 11.5. The highest BCUT2D eigenvalue weighted by molar-refractivity contribution is 5.14. The van der Waals surface area contributed by atoms with Crippen molar-refractivity contribution in [1.82, 2.24) is 10.2 Å². The van der Waals surface area contributed by atoms with Crippen LogP contribution in [-0.2, 0) is 6.42 Å². The molecular formula is C14H22N2. The Hall–Kier alpha value is -0.860. The monoisotopic (exact) mass is 218 g/mol. The molecule has 1 aromatic rings. The molecule has 0 bridgehead atoms. The average Bonchev–Trinajstić information content (AvgIpc) is 2.33. The van der Waals surface area contributed by atoms with Crippen molar-refractivity contribution < 1.29 is 0 Å². The molecule has 1 saturated heterocycles. The van der Waals surface area contributed by atoms with E-state index in [1.807, 2.05) is 0 Å². The maximum Gasteiger partial charge on any atom is 0.0218 e. The van der Waals surface area contributed by atoms with Crippen LogP contribution in [0, 0.1) is 0 Å². The number of nitrogens with zero attached hydrogens (tertiary/aromatic N) is 1. The Labute approximate surface area is 98.7 Å². The first kappa shape index (κ1) is 11.6. The van der Waals surface area contributed by atoms with Gasteiger partial charge in [-0.05, 0) is 31.9 Å². The van der Waals surface area contributed by atoms with Gasteiger partial charge in [0.2, 0.25) is 0 Å². The normalized spacial score (nSPS) is 22.2. The number of aryl methyl sites for hydroxylation is 1. The fraction of sp³-hybridized carbons (Fsp3) is 0.571. The van der Waals surface area contributed by atoms with Crippen molar-refractivity contribution in [3.8, 4) is 0 Å². The van der Waals surface area contributed by atoms with Gasteiger partial charge < -0.3 is 10.2 Å². The van der Waals surface area contributed by atoms with Gasteiger partial charge in [0.15, 0.2) is 0 Å². The molecule has 0 amide bonds. The number of benzene rings is 1. The second-order valence-electron chi connectivity index (χ2n) is 4.72. The van der Waals surface area contributed by atoms with Gasteiger partial charge in [-0.3, -0.25) is 0 Å². The molecule has 1 atom stereocenters. The maximum absolute atomic E-state index is 3.47. The van der Waals surface area contributed by atoms with Crippen LogP contribution in [0.2, 0.25) is 0 Å². The summed E-state index contributed by atoms with van der Waals surface area (Å²) in [5.41, 5.74) is 1.47. The van der Waals surface area contributed by atoms with E-state index in [9.17, 15) is 0 Å². The molecule has 1 N–H and O–H groups in total. The largest absolute Gasteiger partial charge is 0.314 e. The Bertz CT molecular complexity index is 297. The Balaban J connectivity index is 1.71. The second-order valence-corrected chi connectivity index (χ2v) is 4.72. The molecule has 1 aliphatic rings. The Kier molecular flexibility index (Phi) is 4.37. The molecule has 16 heavy (non-hydrogen) atoms. The zero-order valence-electron chi connectivity index (χ0n) is 10.2. The Morgan fingerprint density at radius 3 is 2.88 bits per heavy atom. The fourth-order valence-corrected chi connectivity index (χ4v) is 2.37. The van der Waals surface area contributed by atoms with Crippen molar-refractivity contribution in [2.45, 2.75) is 25.3 Å². The lowest BCUT2D eigenvalue weighted by molar-refractivity contribution is 0.188. The smallest absolute Gasteiger partial charge is 0.0218 e. The van der Waals surface area contributed by atoms with Crippen molar-refractivity contribution in [2.75, 3.05) is 26.7 Å². The molecule has 1 aromatic carbocycles. The van der Waals surface area contributed by atoms with Gasteiger partial charge in [-0.25, -0.2) is 0 Å². The van der Waals surface area contributed by atoms with E-state index < -0.39 is 0 Å². The molecule has 0 radical (unpaired) electrons. The van der Waals surface area contributed by atoms with E-state index in [0.29, 0.717) is 0 Å². The highest BCUT2D eigenvalue weighted by atomic mass is 15.2. The number of piperazine rings is 1. The van der Waals surface area contributed by atoms with E-state index in [1.165, 1.54) is 31.4 Å². The third-order valence-corrected chi connectivity index (χ3v) is 3.49. The first-order valence-electron chi connectivity index (χ1n) is 6.31. The van der Waals surface area contributed by atoms with Crippen LogP contribution < -0.4 is 5.32 Å². The summed E-state index contributed by atoms with van der Waals surface area (Å²) in [6.07, 6.45) is 3.81. The lowest BCUT2D eigenvalue weighted by Crippen LogP contribution is -2.49. The summed E-state index contributed by atoms with van der Waals surface area (Å²) in [4.78, 5) is 2.49. The summed E-state index contributed by atoms with van der Waals surface area (Å²) in [7, 11) is 2.24. The van der Waals surface area contributed by atoms with Crippen molar-refractivity contribution in [1.29, 1.82) is 0 Å². The number of likely N-dealkylation sites (N-methyl/N-ethyl adjacent to an activating group) is 1. The van der Waals surface area contributed by atoms with E-state index in [1.54, 1.807) is 0 Å². The lowest BCUT2D eigenvalue weighted by atomic mass is 10.0. The van der Waals surface area contributed by atoms with E-state index >= 15 is 0 Å². The van der Waals surface area contributed by atoms with Crippen LogP contribution in [0.15, 0.2) is 30.3 Å². The SMILES string of the molecule is CN1CCNCC1CCCc1ccccc1. The van der Waals surface area contributed by atoms with Gasteiger partial charge in [-0.1, -0.05) is 30.3 Å². The summed E-state index contributed by atoms with van der Waals surface area (Å²) in [6.45, 7) is 3.49. The van der Waals surface area contributed by atoms with Gasteiger partial charge in [0.1, 0.15) is 0 Å². The van der Waals surface area contributed by atoms with Crippen molar-refractivity contribution in [2.24, 2.45) is 0 Å². The number of hydrogen-bond acceptors (Lipinski definition) is 2. The summed E-state index contributed by atoms with van der Waals surface area (Å²) < 4.78 is 0. The summed E-state index contributed by atoms with van der Waals surface area (Å²) >= 11 is 0. The number of rotatable bonds is 4. The van der Waals surface area contributed by atoms with Gasteiger partial charge in [0.05, 0.1) is 0 Å². The molecule has 1 fully saturated rings. The summed E-state index contributed by atoms with van der Waals surface area (Å²) in [5.74, 6) is 0. The molecule has 2 rings (SSSR count). The first-order valence-corrected chi connectivity index (χ1v) is 6.31. The van der Waals surface area contributed by atoms with Gasteiger partial charge in [0, 0.05) is 25.7 Å². The Morgan fingerprint density at radius 2 is 2.12 bits per heavy atom. The van der Waals surface area contributed by atoms with E-state index in [4.69, 9.17) is 0 Å². The van der Waals surface area contributed by atoms with Gasteiger partial charge in [-0.2, -0.15) is 0 Å². The van der Waals surface area contributed by atoms with Gasteiger partial charge >= 0.3 is 0 Å². The van der Waals surface area contributed by atoms with Crippen LogP contribution in [0.25, 0.3) is 0 Å². The van der Waals surface area contributed by atoms with Crippen LogP contribution in [0.1, 0.15) is 18.4 Å². The quantitative estimate of drug-likeness (QED) is 0.830. The fourth-order valence-electron chi connectivity index (χ4n) is 2.37. The van der Waals surface area contributed by atoms with Crippen LogP contribution >= 0.6 is 0 Å². The van der Waals surface area contributed by atoms with E-state index in [2.05, 4.69) is 47.6 Å². The molecular weight excluding hydrogens is 196 g/mol. The predicted molar refractivity (Wildman–Crippen MR) is 68.7 cm³/mol. The highest BCUT2D eigenvalue weighted by Crippen LogP contribution is 2.10. The van der Waals surface area contributed by atoms with Gasteiger partial charge in [0.25, 0.3) is 0 Å². The van der Waals surface area contributed by atoms with Crippen molar-refractivity contribution in [3.05, 3.63) is 35.9 Å². The van der Waals surface area contributed by atoms with Crippen molar-refractivity contribution in [3.63, 3.8) is 0 Å². The van der Waals surface area contributed by atoms with Crippen LogP contribution in [-0.4, -0.2) is 37.6 Å². The van der Waals surface area contributed by atoms with E-state index in [-0.39, 0.29) is 0 Å². The minimum absolute atomic E-state index is 0.734. The average molecular weight is 218 g/mol. The molecule has 0 aliphatic carbocycles. The Morgan fingerprint density at radius 1 is 1.31 bits per heavy atom. The standard InChI is InChI=1S/C14H22N2/c1-16-11-10-15-12-14(16)9-5-8-13-6-3-2-4-7-13/h2-4,6-7,14-15H,5,8-12H2,1H3. The minimum atomic E-state index is 0.734. The molecule has 1 unspecified atom stereocenters. The molecule has 1 heterocycles. The van der Waals surface area contributed by atoms with Gasteiger partial charge in [-0.15, -0.1) is 0 Å².